The smallest absolute Gasteiger partial charge is 0.391 e. The van der Waals surface area contributed by atoms with Crippen molar-refractivity contribution in [3.05, 3.63) is 34.3 Å². The first-order valence-electron chi connectivity index (χ1n) is 4.53. The minimum Gasteiger partial charge on any atom is -0.391 e. The molecule has 0 amide bonds. The predicted octanol–water partition coefficient (Wildman–Crippen LogP) is 2.74. The third-order valence-electron chi connectivity index (χ3n) is 2.20. The van der Waals surface area contributed by atoms with Crippen LogP contribution in [0.5, 0.6) is 0 Å². The van der Waals surface area contributed by atoms with Crippen LogP contribution in [-0.2, 0) is 6.18 Å². The van der Waals surface area contributed by atoms with E-state index in [4.69, 9.17) is 17.3 Å². The minimum atomic E-state index is -4.48. The highest BCUT2D eigenvalue weighted by molar-refractivity contribution is 6.31. The normalized spacial score (nSPS) is 15.9. The molecule has 2 nitrogen and oxygen atoms in total. The van der Waals surface area contributed by atoms with E-state index < -0.39 is 28.9 Å². The SMILES string of the molecule is C[C@H](O)[C@H](N)c1ccc(C(F)(F)F)c(Cl)c1. The summed E-state index contributed by atoms with van der Waals surface area (Å²) in [6.07, 6.45) is -5.34. The number of halogens is 4. The molecule has 0 spiro atoms. The molecule has 1 aromatic rings. The standard InChI is InChI=1S/C10H11ClF3NO/c1-5(16)9(15)6-2-3-7(8(11)4-6)10(12,13)14/h2-5,9,16H,15H2,1H3/t5-,9-/m0/s1. The second-order valence-corrected chi connectivity index (χ2v) is 3.91. The number of hydrogen-bond acceptors (Lipinski definition) is 2. The van der Waals surface area contributed by atoms with E-state index in [1.807, 2.05) is 0 Å². The molecule has 1 rings (SSSR count). The van der Waals surface area contributed by atoms with Gasteiger partial charge < -0.3 is 10.8 Å². The lowest BCUT2D eigenvalue weighted by atomic mass is 10.0. The van der Waals surface area contributed by atoms with Crippen molar-refractivity contribution in [3.63, 3.8) is 0 Å². The monoisotopic (exact) mass is 253 g/mol. The topological polar surface area (TPSA) is 46.2 Å². The summed E-state index contributed by atoms with van der Waals surface area (Å²) in [4.78, 5) is 0. The Balaban J connectivity index is 3.09. The summed E-state index contributed by atoms with van der Waals surface area (Å²) in [6.45, 7) is 1.45. The molecule has 0 heterocycles. The van der Waals surface area contributed by atoms with Crippen LogP contribution < -0.4 is 5.73 Å². The summed E-state index contributed by atoms with van der Waals surface area (Å²) in [5.74, 6) is 0. The molecule has 0 aliphatic rings. The first kappa shape index (κ1) is 13.3. The van der Waals surface area contributed by atoms with Gasteiger partial charge >= 0.3 is 6.18 Å². The van der Waals surface area contributed by atoms with Crippen LogP contribution >= 0.6 is 11.6 Å². The Bertz CT molecular complexity index is 379. The first-order valence-corrected chi connectivity index (χ1v) is 4.91. The van der Waals surface area contributed by atoms with Crippen molar-refractivity contribution in [2.45, 2.75) is 25.2 Å². The molecule has 0 bridgehead atoms. The zero-order valence-electron chi connectivity index (χ0n) is 8.42. The van der Waals surface area contributed by atoms with Crippen molar-refractivity contribution in [3.8, 4) is 0 Å². The van der Waals surface area contributed by atoms with Gasteiger partial charge in [-0.1, -0.05) is 17.7 Å². The van der Waals surface area contributed by atoms with Crippen LogP contribution in [-0.4, -0.2) is 11.2 Å². The van der Waals surface area contributed by atoms with Crippen molar-refractivity contribution in [2.75, 3.05) is 0 Å². The van der Waals surface area contributed by atoms with Crippen molar-refractivity contribution in [1.29, 1.82) is 0 Å². The lowest BCUT2D eigenvalue weighted by Gasteiger charge is -2.17. The highest BCUT2D eigenvalue weighted by atomic mass is 35.5. The Morgan fingerprint density at radius 3 is 2.31 bits per heavy atom. The first-order chi connectivity index (χ1) is 7.23. The lowest BCUT2D eigenvalue weighted by Crippen LogP contribution is -2.23. The molecule has 0 radical (unpaired) electrons. The van der Waals surface area contributed by atoms with Crippen LogP contribution in [0.3, 0.4) is 0 Å². The number of aliphatic hydroxyl groups excluding tert-OH is 1. The van der Waals surface area contributed by atoms with Gasteiger partial charge in [-0.2, -0.15) is 13.2 Å². The van der Waals surface area contributed by atoms with Gasteiger partial charge in [-0.15, -0.1) is 0 Å². The van der Waals surface area contributed by atoms with E-state index >= 15 is 0 Å². The molecule has 6 heteroatoms. The maximum Gasteiger partial charge on any atom is 0.417 e. The van der Waals surface area contributed by atoms with E-state index in [2.05, 4.69) is 0 Å². The molecular formula is C10H11ClF3NO. The van der Waals surface area contributed by atoms with Crippen LogP contribution in [0.2, 0.25) is 5.02 Å². The van der Waals surface area contributed by atoms with Gasteiger partial charge in [0, 0.05) is 0 Å². The van der Waals surface area contributed by atoms with Crippen molar-refractivity contribution >= 4 is 11.6 Å². The van der Waals surface area contributed by atoms with Gasteiger partial charge in [0.25, 0.3) is 0 Å². The lowest BCUT2D eigenvalue weighted by molar-refractivity contribution is -0.137. The largest absolute Gasteiger partial charge is 0.417 e. The zero-order valence-corrected chi connectivity index (χ0v) is 9.18. The Hall–Kier alpha value is -0.780. The maximum absolute atomic E-state index is 12.4. The number of hydrogen-bond donors (Lipinski definition) is 2. The zero-order chi connectivity index (χ0) is 12.5. The molecule has 1 aromatic carbocycles. The predicted molar refractivity (Wildman–Crippen MR) is 55.1 cm³/mol. The minimum absolute atomic E-state index is 0.369. The molecule has 0 fully saturated rings. The summed E-state index contributed by atoms with van der Waals surface area (Å²) < 4.78 is 37.1. The van der Waals surface area contributed by atoms with Crippen molar-refractivity contribution in [2.24, 2.45) is 5.73 Å². The Morgan fingerprint density at radius 1 is 1.38 bits per heavy atom. The highest BCUT2D eigenvalue weighted by Crippen LogP contribution is 2.35. The van der Waals surface area contributed by atoms with E-state index in [-0.39, 0.29) is 0 Å². The third kappa shape index (κ3) is 2.87. The molecule has 16 heavy (non-hydrogen) atoms. The molecule has 0 aliphatic heterocycles. The summed E-state index contributed by atoms with van der Waals surface area (Å²) in [5.41, 5.74) is 5.04. The number of aliphatic hydroxyl groups is 1. The van der Waals surface area contributed by atoms with Gasteiger partial charge in [0.2, 0.25) is 0 Å². The van der Waals surface area contributed by atoms with E-state index in [0.717, 1.165) is 12.1 Å². The van der Waals surface area contributed by atoms with Crippen LogP contribution in [0.25, 0.3) is 0 Å². The molecule has 0 saturated heterocycles. The molecule has 2 atom stereocenters. The summed E-state index contributed by atoms with van der Waals surface area (Å²) in [6, 6.07) is 2.45. The summed E-state index contributed by atoms with van der Waals surface area (Å²) >= 11 is 5.51. The van der Waals surface area contributed by atoms with Gasteiger partial charge in [0.15, 0.2) is 0 Å². The van der Waals surface area contributed by atoms with Crippen LogP contribution in [0.15, 0.2) is 18.2 Å². The molecule has 0 aromatic heterocycles. The summed E-state index contributed by atoms with van der Waals surface area (Å²) in [7, 11) is 0. The van der Waals surface area contributed by atoms with Crippen molar-refractivity contribution < 1.29 is 18.3 Å². The van der Waals surface area contributed by atoms with Crippen LogP contribution in [0, 0.1) is 0 Å². The number of benzene rings is 1. The van der Waals surface area contributed by atoms with Crippen LogP contribution in [0.4, 0.5) is 13.2 Å². The molecule has 0 aliphatic carbocycles. The molecule has 3 N–H and O–H groups in total. The van der Waals surface area contributed by atoms with Gasteiger partial charge in [0.05, 0.1) is 22.7 Å². The quantitative estimate of drug-likeness (QED) is 0.851. The number of rotatable bonds is 2. The average molecular weight is 254 g/mol. The highest BCUT2D eigenvalue weighted by Gasteiger charge is 2.33. The van der Waals surface area contributed by atoms with E-state index in [1.54, 1.807) is 0 Å². The van der Waals surface area contributed by atoms with Crippen LogP contribution in [0.1, 0.15) is 24.1 Å². The number of alkyl halides is 3. The fraction of sp³-hybridized carbons (Fsp3) is 0.400. The van der Waals surface area contributed by atoms with E-state index in [1.165, 1.54) is 13.0 Å². The van der Waals surface area contributed by atoms with Crippen molar-refractivity contribution in [1.82, 2.24) is 0 Å². The van der Waals surface area contributed by atoms with Gasteiger partial charge in [-0.3, -0.25) is 0 Å². The Kier molecular flexibility index (Phi) is 3.83. The second-order valence-electron chi connectivity index (χ2n) is 3.50. The molecule has 90 valence electrons. The van der Waals surface area contributed by atoms with E-state index in [9.17, 15) is 18.3 Å². The number of nitrogens with two attached hydrogens (primary N) is 1. The van der Waals surface area contributed by atoms with Gasteiger partial charge in [0.1, 0.15) is 0 Å². The molecule has 0 unspecified atom stereocenters. The Labute approximate surface area is 95.8 Å². The third-order valence-corrected chi connectivity index (χ3v) is 2.52. The molecule has 0 saturated carbocycles. The summed E-state index contributed by atoms with van der Waals surface area (Å²) in [5, 5.41) is 8.79. The maximum atomic E-state index is 12.4. The Morgan fingerprint density at radius 2 is 1.94 bits per heavy atom. The van der Waals surface area contributed by atoms with Gasteiger partial charge in [-0.05, 0) is 24.6 Å². The fourth-order valence-electron chi connectivity index (χ4n) is 1.25. The fourth-order valence-corrected chi connectivity index (χ4v) is 1.54. The average Bonchev–Trinajstić information content (AvgIpc) is 2.14. The van der Waals surface area contributed by atoms with Gasteiger partial charge in [-0.25, -0.2) is 0 Å². The molecular weight excluding hydrogens is 243 g/mol. The second kappa shape index (κ2) is 4.61. The van der Waals surface area contributed by atoms with E-state index in [0.29, 0.717) is 5.56 Å².